The van der Waals surface area contributed by atoms with Crippen molar-refractivity contribution in [3.05, 3.63) is 47.8 Å². The van der Waals surface area contributed by atoms with Crippen molar-refractivity contribution in [3.63, 3.8) is 0 Å². The van der Waals surface area contributed by atoms with Gasteiger partial charge in [-0.15, -0.1) is 0 Å². The molecule has 1 aromatic carbocycles. The third kappa shape index (κ3) is 2.51. The number of nitrogens with two attached hydrogens (primary N) is 1. The topological polar surface area (TPSA) is 70.3 Å². The minimum absolute atomic E-state index is 0.243. The van der Waals surface area contributed by atoms with Crippen LogP contribution >= 0.6 is 0 Å². The molecule has 1 aliphatic rings. The van der Waals surface area contributed by atoms with Crippen molar-refractivity contribution >= 4 is 0 Å². The van der Waals surface area contributed by atoms with E-state index in [4.69, 9.17) is 15.2 Å². The largest absolute Gasteiger partial charge is 0.490 e. The summed E-state index contributed by atoms with van der Waals surface area (Å²) in [5.41, 5.74) is 8.11. The molecule has 0 spiro atoms. The number of ether oxygens (including phenoxy) is 2. The Morgan fingerprint density at radius 2 is 1.84 bits per heavy atom. The van der Waals surface area contributed by atoms with Crippen molar-refractivity contribution in [1.82, 2.24) is 10.2 Å². The fourth-order valence-corrected chi connectivity index (χ4v) is 2.05. The molecule has 98 valence electrons. The number of fused-ring (bicyclic) bond motifs is 1. The van der Waals surface area contributed by atoms with E-state index in [0.717, 1.165) is 29.0 Å². The first kappa shape index (κ1) is 11.9. The Balaban J connectivity index is 1.91. The smallest absolute Gasteiger partial charge is 0.161 e. The summed E-state index contributed by atoms with van der Waals surface area (Å²) in [5, 5.41) is 7.60. The Labute approximate surface area is 111 Å². The highest BCUT2D eigenvalue weighted by atomic mass is 16.5. The first-order valence-corrected chi connectivity index (χ1v) is 6.26. The fraction of sp³-hybridized carbons (Fsp3) is 0.286. The van der Waals surface area contributed by atoms with Crippen LogP contribution in [0.15, 0.2) is 36.7 Å². The van der Waals surface area contributed by atoms with Gasteiger partial charge in [0.05, 0.1) is 25.5 Å². The molecule has 0 fully saturated rings. The van der Waals surface area contributed by atoms with Crippen LogP contribution in [-0.4, -0.2) is 23.4 Å². The SMILES string of the molecule is NC(c1ccnnc1)c1ccc2c(c1)OCCCO2. The maximum Gasteiger partial charge on any atom is 0.161 e. The van der Waals surface area contributed by atoms with Gasteiger partial charge in [-0.1, -0.05) is 6.07 Å². The lowest BCUT2D eigenvalue weighted by atomic mass is 10.0. The molecule has 1 aromatic heterocycles. The molecule has 0 radical (unpaired) electrons. The van der Waals surface area contributed by atoms with E-state index in [0.29, 0.717) is 13.2 Å². The van der Waals surface area contributed by atoms with E-state index in [1.807, 2.05) is 24.3 Å². The second kappa shape index (κ2) is 5.24. The van der Waals surface area contributed by atoms with Crippen molar-refractivity contribution < 1.29 is 9.47 Å². The minimum Gasteiger partial charge on any atom is -0.490 e. The average molecular weight is 257 g/mol. The van der Waals surface area contributed by atoms with Gasteiger partial charge in [0.2, 0.25) is 0 Å². The lowest BCUT2D eigenvalue weighted by Gasteiger charge is -2.14. The van der Waals surface area contributed by atoms with Crippen LogP contribution in [0.1, 0.15) is 23.6 Å². The molecule has 1 atom stereocenters. The Kier molecular flexibility index (Phi) is 3.29. The molecule has 3 rings (SSSR count). The van der Waals surface area contributed by atoms with Crippen LogP contribution in [0.2, 0.25) is 0 Å². The van der Waals surface area contributed by atoms with E-state index in [2.05, 4.69) is 10.2 Å². The van der Waals surface area contributed by atoms with Crippen molar-refractivity contribution in [2.45, 2.75) is 12.5 Å². The van der Waals surface area contributed by atoms with Crippen LogP contribution in [0.4, 0.5) is 0 Å². The minimum atomic E-state index is -0.243. The number of benzene rings is 1. The van der Waals surface area contributed by atoms with Gasteiger partial charge in [0, 0.05) is 12.6 Å². The summed E-state index contributed by atoms with van der Waals surface area (Å²) in [6, 6.07) is 7.42. The van der Waals surface area contributed by atoms with Gasteiger partial charge < -0.3 is 15.2 Å². The van der Waals surface area contributed by atoms with E-state index in [-0.39, 0.29) is 6.04 Å². The first-order valence-electron chi connectivity index (χ1n) is 6.26. The van der Waals surface area contributed by atoms with Crippen LogP contribution in [0.5, 0.6) is 11.5 Å². The molecule has 0 saturated carbocycles. The maximum absolute atomic E-state index is 6.22. The molecule has 1 aliphatic heterocycles. The molecular formula is C14H15N3O2. The second-order valence-electron chi connectivity index (χ2n) is 4.41. The van der Waals surface area contributed by atoms with Crippen molar-refractivity contribution in [2.75, 3.05) is 13.2 Å². The molecule has 1 unspecified atom stereocenters. The Bertz CT molecular complexity index is 560. The third-order valence-corrected chi connectivity index (χ3v) is 3.10. The summed E-state index contributed by atoms with van der Waals surface area (Å²) in [6.07, 6.45) is 4.20. The van der Waals surface area contributed by atoms with Crippen LogP contribution in [0.25, 0.3) is 0 Å². The summed E-state index contributed by atoms with van der Waals surface area (Å²) >= 11 is 0. The van der Waals surface area contributed by atoms with Gasteiger partial charge in [-0.3, -0.25) is 0 Å². The van der Waals surface area contributed by atoms with Crippen LogP contribution < -0.4 is 15.2 Å². The van der Waals surface area contributed by atoms with Gasteiger partial charge in [0.25, 0.3) is 0 Å². The number of hydrogen-bond donors (Lipinski definition) is 1. The van der Waals surface area contributed by atoms with Gasteiger partial charge in [0.1, 0.15) is 0 Å². The fourth-order valence-electron chi connectivity index (χ4n) is 2.05. The summed E-state index contributed by atoms with van der Waals surface area (Å²) in [7, 11) is 0. The van der Waals surface area contributed by atoms with E-state index in [1.54, 1.807) is 12.4 Å². The molecule has 2 aromatic rings. The van der Waals surface area contributed by atoms with Crippen LogP contribution in [0.3, 0.4) is 0 Å². The van der Waals surface area contributed by atoms with Crippen molar-refractivity contribution in [2.24, 2.45) is 5.73 Å². The zero-order chi connectivity index (χ0) is 13.1. The van der Waals surface area contributed by atoms with Gasteiger partial charge in [0.15, 0.2) is 11.5 Å². The first-order chi connectivity index (χ1) is 9.34. The maximum atomic E-state index is 6.22. The molecular weight excluding hydrogens is 242 g/mol. The number of aromatic nitrogens is 2. The average Bonchev–Trinajstić information content (AvgIpc) is 2.72. The highest BCUT2D eigenvalue weighted by Gasteiger charge is 2.15. The van der Waals surface area contributed by atoms with E-state index < -0.39 is 0 Å². The molecule has 2 heterocycles. The number of hydrogen-bond acceptors (Lipinski definition) is 5. The molecule has 5 nitrogen and oxygen atoms in total. The lowest BCUT2D eigenvalue weighted by molar-refractivity contribution is 0.297. The number of rotatable bonds is 2. The van der Waals surface area contributed by atoms with E-state index in [1.165, 1.54) is 0 Å². The zero-order valence-electron chi connectivity index (χ0n) is 10.5. The molecule has 19 heavy (non-hydrogen) atoms. The highest BCUT2D eigenvalue weighted by Crippen LogP contribution is 2.33. The summed E-state index contributed by atoms with van der Waals surface area (Å²) in [4.78, 5) is 0. The number of nitrogens with zero attached hydrogens (tertiary/aromatic N) is 2. The second-order valence-corrected chi connectivity index (χ2v) is 4.41. The molecule has 0 saturated heterocycles. The lowest BCUT2D eigenvalue weighted by Crippen LogP contribution is -2.12. The summed E-state index contributed by atoms with van der Waals surface area (Å²) in [6.45, 7) is 1.36. The standard InChI is InChI=1S/C14H15N3O2/c15-14(11-4-5-16-17-9-11)10-2-3-12-13(8-10)19-7-1-6-18-12/h2-5,8-9,14H,1,6-7,15H2. The molecule has 0 bridgehead atoms. The monoisotopic (exact) mass is 257 g/mol. The normalized spacial score (nSPS) is 15.6. The van der Waals surface area contributed by atoms with Crippen LogP contribution in [-0.2, 0) is 0 Å². The van der Waals surface area contributed by atoms with Crippen LogP contribution in [0, 0.1) is 0 Å². The van der Waals surface area contributed by atoms with Crippen molar-refractivity contribution in [1.29, 1.82) is 0 Å². The quantitative estimate of drug-likeness (QED) is 0.886. The van der Waals surface area contributed by atoms with Gasteiger partial charge >= 0.3 is 0 Å². The van der Waals surface area contributed by atoms with Gasteiger partial charge in [-0.2, -0.15) is 10.2 Å². The molecule has 0 aliphatic carbocycles. The summed E-state index contributed by atoms with van der Waals surface area (Å²) in [5.74, 6) is 1.54. The Morgan fingerprint density at radius 1 is 1.00 bits per heavy atom. The predicted octanol–water partition coefficient (Wildman–Crippen LogP) is 1.69. The third-order valence-electron chi connectivity index (χ3n) is 3.10. The predicted molar refractivity (Wildman–Crippen MR) is 70.1 cm³/mol. The molecule has 5 heteroatoms. The highest BCUT2D eigenvalue weighted by molar-refractivity contribution is 5.45. The zero-order valence-corrected chi connectivity index (χ0v) is 10.5. The Hall–Kier alpha value is -2.14. The Morgan fingerprint density at radius 3 is 2.63 bits per heavy atom. The van der Waals surface area contributed by atoms with E-state index in [9.17, 15) is 0 Å². The van der Waals surface area contributed by atoms with E-state index >= 15 is 0 Å². The van der Waals surface area contributed by atoms with Gasteiger partial charge in [-0.05, 0) is 29.3 Å². The van der Waals surface area contributed by atoms with Gasteiger partial charge in [-0.25, -0.2) is 0 Å². The van der Waals surface area contributed by atoms with Crippen molar-refractivity contribution in [3.8, 4) is 11.5 Å². The summed E-state index contributed by atoms with van der Waals surface area (Å²) < 4.78 is 11.3. The molecule has 2 N–H and O–H groups in total. The molecule has 0 amide bonds.